The predicted molar refractivity (Wildman–Crippen MR) is 143 cm³/mol. The highest BCUT2D eigenvalue weighted by atomic mass is 79.9. The SMILES string of the molecule is CC(C)(C)NC(=O)[C@@H](Cc1ccccc1)N(Cc1cccc(Br)c1)C(=O)COc1cccc(Cl)c1. The molecule has 0 aliphatic carbocycles. The molecule has 3 aromatic carbocycles. The molecule has 0 aliphatic heterocycles. The maximum absolute atomic E-state index is 13.6. The number of amides is 2. The van der Waals surface area contributed by atoms with E-state index in [1.165, 1.54) is 0 Å². The van der Waals surface area contributed by atoms with Crippen LogP contribution in [0.3, 0.4) is 0 Å². The summed E-state index contributed by atoms with van der Waals surface area (Å²) in [7, 11) is 0. The van der Waals surface area contributed by atoms with Crippen LogP contribution in [0.5, 0.6) is 5.75 Å². The second-order valence-corrected chi connectivity index (χ2v) is 10.7. The van der Waals surface area contributed by atoms with Gasteiger partial charge in [-0.25, -0.2) is 0 Å². The highest BCUT2D eigenvalue weighted by Gasteiger charge is 2.32. The Balaban J connectivity index is 1.93. The smallest absolute Gasteiger partial charge is 0.261 e. The average molecular weight is 558 g/mol. The van der Waals surface area contributed by atoms with E-state index in [-0.39, 0.29) is 25.0 Å². The molecule has 0 saturated heterocycles. The van der Waals surface area contributed by atoms with Gasteiger partial charge in [-0.2, -0.15) is 0 Å². The van der Waals surface area contributed by atoms with Crippen LogP contribution in [0.2, 0.25) is 5.02 Å². The van der Waals surface area contributed by atoms with Crippen LogP contribution in [0.1, 0.15) is 31.9 Å². The van der Waals surface area contributed by atoms with E-state index in [0.29, 0.717) is 17.2 Å². The number of hydrogen-bond donors (Lipinski definition) is 1. The minimum absolute atomic E-state index is 0.215. The van der Waals surface area contributed by atoms with E-state index < -0.39 is 11.6 Å². The van der Waals surface area contributed by atoms with E-state index in [1.54, 1.807) is 29.2 Å². The Kier molecular flexibility index (Phi) is 9.35. The first-order valence-corrected chi connectivity index (χ1v) is 12.6. The number of carbonyl (C=O) groups excluding carboxylic acids is 2. The van der Waals surface area contributed by atoms with E-state index in [2.05, 4.69) is 21.2 Å². The Morgan fingerprint density at radius 1 is 0.971 bits per heavy atom. The van der Waals surface area contributed by atoms with Gasteiger partial charge in [-0.15, -0.1) is 0 Å². The summed E-state index contributed by atoms with van der Waals surface area (Å²) in [6.07, 6.45) is 0.375. The maximum atomic E-state index is 13.6. The van der Waals surface area contributed by atoms with Crippen LogP contribution in [-0.4, -0.2) is 34.9 Å². The van der Waals surface area contributed by atoms with Crippen molar-refractivity contribution in [3.8, 4) is 5.75 Å². The highest BCUT2D eigenvalue weighted by molar-refractivity contribution is 9.10. The summed E-state index contributed by atoms with van der Waals surface area (Å²) in [5.41, 5.74) is 1.41. The fourth-order valence-corrected chi connectivity index (χ4v) is 4.25. The molecule has 0 spiro atoms. The molecule has 0 aliphatic rings. The lowest BCUT2D eigenvalue weighted by molar-refractivity contribution is -0.143. The Morgan fingerprint density at radius 3 is 2.31 bits per heavy atom. The van der Waals surface area contributed by atoms with E-state index >= 15 is 0 Å². The van der Waals surface area contributed by atoms with E-state index in [1.807, 2.05) is 75.4 Å². The maximum Gasteiger partial charge on any atom is 0.261 e. The number of carbonyl (C=O) groups is 2. The molecule has 0 saturated carbocycles. The normalized spacial score (nSPS) is 12.0. The first-order valence-electron chi connectivity index (χ1n) is 11.4. The minimum Gasteiger partial charge on any atom is -0.484 e. The van der Waals surface area contributed by atoms with Gasteiger partial charge >= 0.3 is 0 Å². The van der Waals surface area contributed by atoms with E-state index in [0.717, 1.165) is 15.6 Å². The van der Waals surface area contributed by atoms with Crippen LogP contribution < -0.4 is 10.1 Å². The lowest BCUT2D eigenvalue weighted by Crippen LogP contribution is -2.55. The van der Waals surface area contributed by atoms with Gasteiger partial charge in [0.1, 0.15) is 11.8 Å². The lowest BCUT2D eigenvalue weighted by Gasteiger charge is -2.33. The molecule has 0 unspecified atom stereocenters. The summed E-state index contributed by atoms with van der Waals surface area (Å²) in [4.78, 5) is 28.7. The van der Waals surface area contributed by atoms with Gasteiger partial charge in [-0.3, -0.25) is 9.59 Å². The van der Waals surface area contributed by atoms with Crippen LogP contribution in [0.25, 0.3) is 0 Å². The largest absolute Gasteiger partial charge is 0.484 e. The minimum atomic E-state index is -0.730. The van der Waals surface area contributed by atoms with Gasteiger partial charge in [0.2, 0.25) is 5.91 Å². The first kappa shape index (κ1) is 26.8. The molecule has 1 atom stereocenters. The fraction of sp³-hybridized carbons (Fsp3) is 0.286. The van der Waals surface area contributed by atoms with Crippen LogP contribution in [0.15, 0.2) is 83.3 Å². The number of ether oxygens (including phenoxy) is 1. The quantitative estimate of drug-likeness (QED) is 0.349. The number of nitrogens with one attached hydrogen (secondary N) is 1. The van der Waals surface area contributed by atoms with Gasteiger partial charge in [0.25, 0.3) is 5.91 Å². The zero-order valence-corrected chi connectivity index (χ0v) is 22.5. The average Bonchev–Trinajstić information content (AvgIpc) is 2.79. The van der Waals surface area contributed by atoms with Gasteiger partial charge in [-0.05, 0) is 62.2 Å². The number of rotatable bonds is 9. The third kappa shape index (κ3) is 8.71. The molecule has 2 amide bonds. The number of benzene rings is 3. The van der Waals surface area contributed by atoms with Crippen molar-refractivity contribution in [1.82, 2.24) is 10.2 Å². The van der Waals surface area contributed by atoms with Crippen LogP contribution in [0.4, 0.5) is 0 Å². The number of halogens is 2. The topological polar surface area (TPSA) is 58.6 Å². The fourth-order valence-electron chi connectivity index (χ4n) is 3.62. The van der Waals surface area contributed by atoms with Crippen LogP contribution >= 0.6 is 27.5 Å². The monoisotopic (exact) mass is 556 g/mol. The summed E-state index contributed by atoms with van der Waals surface area (Å²) >= 11 is 9.55. The van der Waals surface area contributed by atoms with Crippen molar-refractivity contribution in [1.29, 1.82) is 0 Å². The molecule has 3 aromatic rings. The molecule has 0 radical (unpaired) electrons. The zero-order valence-electron chi connectivity index (χ0n) is 20.1. The van der Waals surface area contributed by atoms with Crippen LogP contribution in [0, 0.1) is 0 Å². The van der Waals surface area contributed by atoms with Gasteiger partial charge in [-0.1, -0.05) is 76.1 Å². The summed E-state index contributed by atoms with van der Waals surface area (Å²) in [6, 6.07) is 23.6. The van der Waals surface area contributed by atoms with Gasteiger partial charge in [0, 0.05) is 28.0 Å². The predicted octanol–water partition coefficient (Wildman–Crippen LogP) is 6.04. The van der Waals surface area contributed by atoms with Crippen molar-refractivity contribution in [2.24, 2.45) is 0 Å². The molecule has 7 heteroatoms. The highest BCUT2D eigenvalue weighted by Crippen LogP contribution is 2.20. The lowest BCUT2D eigenvalue weighted by atomic mass is 10.0. The molecule has 5 nitrogen and oxygen atoms in total. The van der Waals surface area contributed by atoms with Crippen molar-refractivity contribution < 1.29 is 14.3 Å². The number of nitrogens with zero attached hydrogens (tertiary/aromatic N) is 1. The van der Waals surface area contributed by atoms with E-state index in [4.69, 9.17) is 16.3 Å². The van der Waals surface area contributed by atoms with Crippen LogP contribution in [-0.2, 0) is 22.6 Å². The second kappa shape index (κ2) is 12.2. The summed E-state index contributed by atoms with van der Waals surface area (Å²) in [5, 5.41) is 3.57. The standard InChI is InChI=1S/C28H30BrClN2O3/c1-28(2,3)31-27(34)25(16-20-9-5-4-6-10-20)32(18-21-11-7-12-22(29)15-21)26(33)19-35-24-14-8-13-23(30)17-24/h4-15,17,25H,16,18-19H2,1-3H3,(H,31,34)/t25-/m1/s1. The van der Waals surface area contributed by atoms with Crippen molar-refractivity contribution >= 4 is 39.3 Å². The van der Waals surface area contributed by atoms with Crippen molar-refractivity contribution in [3.05, 3.63) is 99.5 Å². The Morgan fingerprint density at radius 2 is 1.66 bits per heavy atom. The number of hydrogen-bond acceptors (Lipinski definition) is 3. The summed E-state index contributed by atoms with van der Waals surface area (Å²) < 4.78 is 6.65. The molecular formula is C28H30BrClN2O3. The molecule has 0 fully saturated rings. The molecule has 0 aromatic heterocycles. The molecule has 1 N–H and O–H groups in total. The van der Waals surface area contributed by atoms with Gasteiger partial charge < -0.3 is 15.0 Å². The Bertz CT molecular complexity index is 1150. The van der Waals surface area contributed by atoms with Crippen molar-refractivity contribution in [2.45, 2.75) is 45.3 Å². The zero-order chi connectivity index (χ0) is 25.4. The second-order valence-electron chi connectivity index (χ2n) is 9.34. The summed E-state index contributed by atoms with van der Waals surface area (Å²) in [5.74, 6) is -0.0191. The molecule has 0 heterocycles. The van der Waals surface area contributed by atoms with Crippen molar-refractivity contribution in [2.75, 3.05) is 6.61 Å². The first-order chi connectivity index (χ1) is 16.6. The van der Waals surface area contributed by atoms with Gasteiger partial charge in [0.05, 0.1) is 0 Å². The van der Waals surface area contributed by atoms with Crippen molar-refractivity contribution in [3.63, 3.8) is 0 Å². The third-order valence-corrected chi connectivity index (χ3v) is 5.90. The Labute approximate surface area is 220 Å². The summed E-state index contributed by atoms with van der Waals surface area (Å²) in [6.45, 7) is 5.81. The molecule has 35 heavy (non-hydrogen) atoms. The molecule has 3 rings (SSSR count). The Hall–Kier alpha value is -2.83. The third-order valence-electron chi connectivity index (χ3n) is 5.17. The molecule has 0 bridgehead atoms. The molecular weight excluding hydrogens is 528 g/mol. The molecule has 184 valence electrons. The van der Waals surface area contributed by atoms with Gasteiger partial charge in [0.15, 0.2) is 6.61 Å². The van der Waals surface area contributed by atoms with E-state index in [9.17, 15) is 9.59 Å².